The van der Waals surface area contributed by atoms with Crippen LogP contribution in [0.5, 0.6) is 0 Å². The molecule has 1 saturated carbocycles. The molecule has 0 spiro atoms. The SMILES string of the molecule is O=C(O)C(CC(F)(F)F)NC(=O)C1(c2ccc(Cl)cc2)CCCC1. The summed E-state index contributed by atoms with van der Waals surface area (Å²) in [4.78, 5) is 23.8. The Morgan fingerprint density at radius 2 is 1.75 bits per heavy atom. The summed E-state index contributed by atoms with van der Waals surface area (Å²) in [6.07, 6.45) is -3.89. The summed E-state index contributed by atoms with van der Waals surface area (Å²) < 4.78 is 37.6. The molecule has 1 aliphatic rings. The van der Waals surface area contributed by atoms with Gasteiger partial charge in [-0.3, -0.25) is 4.79 Å². The Morgan fingerprint density at radius 3 is 2.21 bits per heavy atom. The number of carboxylic acid groups (broad SMARTS) is 1. The third-order valence-corrected chi connectivity index (χ3v) is 4.58. The third-order valence-electron chi connectivity index (χ3n) is 4.33. The van der Waals surface area contributed by atoms with Gasteiger partial charge in [-0.25, -0.2) is 4.79 Å². The lowest BCUT2D eigenvalue weighted by Gasteiger charge is -2.30. The summed E-state index contributed by atoms with van der Waals surface area (Å²) in [7, 11) is 0. The Morgan fingerprint density at radius 1 is 1.21 bits per heavy atom. The molecule has 2 rings (SSSR count). The van der Waals surface area contributed by atoms with Gasteiger partial charge in [0.05, 0.1) is 11.8 Å². The Kier molecular flexibility index (Phi) is 5.42. The van der Waals surface area contributed by atoms with Crippen molar-refractivity contribution in [2.75, 3.05) is 0 Å². The van der Waals surface area contributed by atoms with Crippen LogP contribution in [0.1, 0.15) is 37.7 Å². The number of carbonyl (C=O) groups is 2. The minimum absolute atomic E-state index is 0.457. The number of alkyl halides is 3. The maximum Gasteiger partial charge on any atom is 0.391 e. The minimum atomic E-state index is -4.68. The normalized spacial score (nSPS) is 18.2. The standard InChI is InChI=1S/C16H17ClF3NO3/c17-11-5-3-10(4-6-11)15(7-1-2-8-15)14(24)21-12(13(22)23)9-16(18,19)20/h3-6,12H,1-2,7-9H2,(H,21,24)(H,22,23). The van der Waals surface area contributed by atoms with Gasteiger partial charge < -0.3 is 10.4 Å². The Bertz CT molecular complexity index is 610. The molecule has 1 aromatic rings. The highest BCUT2D eigenvalue weighted by atomic mass is 35.5. The van der Waals surface area contributed by atoms with Crippen LogP contribution in [-0.4, -0.2) is 29.2 Å². The summed E-state index contributed by atoms with van der Waals surface area (Å²) in [5, 5.41) is 11.5. The van der Waals surface area contributed by atoms with E-state index in [1.54, 1.807) is 24.3 Å². The van der Waals surface area contributed by atoms with E-state index in [4.69, 9.17) is 16.7 Å². The molecule has 4 nitrogen and oxygen atoms in total. The van der Waals surface area contributed by atoms with Crippen molar-refractivity contribution in [3.8, 4) is 0 Å². The molecule has 0 heterocycles. The van der Waals surface area contributed by atoms with Gasteiger partial charge in [0.1, 0.15) is 6.04 Å². The highest BCUT2D eigenvalue weighted by Gasteiger charge is 2.45. The summed E-state index contributed by atoms with van der Waals surface area (Å²) in [6.45, 7) is 0. The number of carboxylic acids is 1. The average Bonchev–Trinajstić information content (AvgIpc) is 2.96. The van der Waals surface area contributed by atoms with Crippen LogP contribution in [0.25, 0.3) is 0 Å². The van der Waals surface area contributed by atoms with Crippen molar-refractivity contribution in [3.05, 3.63) is 34.9 Å². The minimum Gasteiger partial charge on any atom is -0.480 e. The van der Waals surface area contributed by atoms with Gasteiger partial charge in [-0.1, -0.05) is 36.6 Å². The smallest absolute Gasteiger partial charge is 0.391 e. The fraction of sp³-hybridized carbons (Fsp3) is 0.500. The fourth-order valence-corrected chi connectivity index (χ4v) is 3.25. The Balaban J connectivity index is 2.25. The number of carbonyl (C=O) groups excluding carboxylic acids is 1. The van der Waals surface area contributed by atoms with Crippen LogP contribution in [0.3, 0.4) is 0 Å². The predicted molar refractivity (Wildman–Crippen MR) is 81.8 cm³/mol. The van der Waals surface area contributed by atoms with Gasteiger partial charge in [0.15, 0.2) is 0 Å². The second kappa shape index (κ2) is 7.01. The Hall–Kier alpha value is -1.76. The van der Waals surface area contributed by atoms with E-state index >= 15 is 0 Å². The number of nitrogens with one attached hydrogen (secondary N) is 1. The molecule has 8 heteroatoms. The molecule has 0 radical (unpaired) electrons. The van der Waals surface area contributed by atoms with Crippen molar-refractivity contribution in [1.82, 2.24) is 5.32 Å². The molecule has 1 aliphatic carbocycles. The molecule has 1 amide bonds. The van der Waals surface area contributed by atoms with Crippen LogP contribution >= 0.6 is 11.6 Å². The van der Waals surface area contributed by atoms with Gasteiger partial charge in [-0.2, -0.15) is 13.2 Å². The number of aliphatic carboxylic acids is 1. The third kappa shape index (κ3) is 4.20. The van der Waals surface area contributed by atoms with E-state index in [1.165, 1.54) is 0 Å². The van der Waals surface area contributed by atoms with Gasteiger partial charge in [0, 0.05) is 5.02 Å². The first-order valence-corrected chi connectivity index (χ1v) is 7.88. The number of hydrogen-bond acceptors (Lipinski definition) is 2. The van der Waals surface area contributed by atoms with E-state index in [0.29, 0.717) is 23.4 Å². The van der Waals surface area contributed by atoms with Crippen molar-refractivity contribution in [2.24, 2.45) is 0 Å². The van der Waals surface area contributed by atoms with Crippen LogP contribution in [0.4, 0.5) is 13.2 Å². The van der Waals surface area contributed by atoms with Crippen LogP contribution < -0.4 is 5.32 Å². The maximum atomic E-state index is 12.7. The van der Waals surface area contributed by atoms with Crippen molar-refractivity contribution in [2.45, 2.75) is 49.7 Å². The van der Waals surface area contributed by atoms with Crippen LogP contribution in [0, 0.1) is 0 Å². The number of hydrogen-bond donors (Lipinski definition) is 2. The quantitative estimate of drug-likeness (QED) is 0.838. The van der Waals surface area contributed by atoms with E-state index < -0.39 is 35.9 Å². The summed E-state index contributed by atoms with van der Waals surface area (Å²) in [5.41, 5.74) is -0.373. The lowest BCUT2D eigenvalue weighted by atomic mass is 9.77. The molecule has 1 aromatic carbocycles. The number of amides is 1. The van der Waals surface area contributed by atoms with Gasteiger partial charge in [0.25, 0.3) is 0 Å². The predicted octanol–water partition coefficient (Wildman–Crippen LogP) is 3.67. The summed E-state index contributed by atoms with van der Waals surface area (Å²) in [6, 6.07) is 4.53. The molecule has 0 aliphatic heterocycles. The molecule has 1 unspecified atom stereocenters. The number of benzene rings is 1. The zero-order valence-electron chi connectivity index (χ0n) is 12.7. The van der Waals surface area contributed by atoms with Gasteiger partial charge in [-0.15, -0.1) is 0 Å². The van der Waals surface area contributed by atoms with Crippen LogP contribution in [-0.2, 0) is 15.0 Å². The molecule has 1 fully saturated rings. The van der Waals surface area contributed by atoms with E-state index in [0.717, 1.165) is 12.8 Å². The van der Waals surface area contributed by atoms with Gasteiger partial charge >= 0.3 is 12.1 Å². The number of halogens is 4. The van der Waals surface area contributed by atoms with Crippen molar-refractivity contribution >= 4 is 23.5 Å². The molecular weight excluding hydrogens is 347 g/mol. The molecule has 1 atom stereocenters. The van der Waals surface area contributed by atoms with Crippen molar-refractivity contribution in [3.63, 3.8) is 0 Å². The topological polar surface area (TPSA) is 66.4 Å². The summed E-state index contributed by atoms with van der Waals surface area (Å²) in [5.74, 6) is -2.39. The molecule has 24 heavy (non-hydrogen) atoms. The zero-order chi connectivity index (χ0) is 18.0. The van der Waals surface area contributed by atoms with Crippen LogP contribution in [0.15, 0.2) is 24.3 Å². The maximum absolute atomic E-state index is 12.7. The molecule has 2 N–H and O–H groups in total. The first kappa shape index (κ1) is 18.6. The molecule has 0 aromatic heterocycles. The second-order valence-electron chi connectivity index (χ2n) is 5.98. The average molecular weight is 364 g/mol. The van der Waals surface area contributed by atoms with Gasteiger partial charge in [-0.05, 0) is 30.5 Å². The lowest BCUT2D eigenvalue weighted by molar-refractivity contribution is -0.160. The number of rotatable bonds is 5. The highest BCUT2D eigenvalue weighted by molar-refractivity contribution is 6.30. The van der Waals surface area contributed by atoms with E-state index in [2.05, 4.69) is 5.32 Å². The van der Waals surface area contributed by atoms with E-state index in [-0.39, 0.29) is 0 Å². The first-order chi connectivity index (χ1) is 11.1. The zero-order valence-corrected chi connectivity index (χ0v) is 13.5. The first-order valence-electron chi connectivity index (χ1n) is 7.51. The highest BCUT2D eigenvalue weighted by Crippen LogP contribution is 2.42. The monoisotopic (exact) mass is 363 g/mol. The van der Waals surface area contributed by atoms with E-state index in [9.17, 15) is 22.8 Å². The van der Waals surface area contributed by atoms with Crippen molar-refractivity contribution < 1.29 is 27.9 Å². The lowest BCUT2D eigenvalue weighted by Crippen LogP contribution is -2.51. The van der Waals surface area contributed by atoms with E-state index in [1.807, 2.05) is 0 Å². The van der Waals surface area contributed by atoms with Crippen LogP contribution in [0.2, 0.25) is 5.02 Å². The summed E-state index contributed by atoms with van der Waals surface area (Å²) >= 11 is 5.84. The molecule has 132 valence electrons. The molecule has 0 saturated heterocycles. The Labute approximate surface area is 142 Å². The van der Waals surface area contributed by atoms with Crippen molar-refractivity contribution in [1.29, 1.82) is 0 Å². The van der Waals surface area contributed by atoms with Gasteiger partial charge in [0.2, 0.25) is 5.91 Å². The molecular formula is C16H17ClF3NO3. The second-order valence-corrected chi connectivity index (χ2v) is 6.42. The molecule has 0 bridgehead atoms. The largest absolute Gasteiger partial charge is 0.480 e. The fourth-order valence-electron chi connectivity index (χ4n) is 3.12.